The van der Waals surface area contributed by atoms with Crippen LogP contribution in [0.25, 0.3) is 0 Å². The average molecular weight is 212 g/mol. The molecule has 0 bridgehead atoms. The lowest BCUT2D eigenvalue weighted by atomic mass is 9.74. The van der Waals surface area contributed by atoms with Crippen LogP contribution in [0, 0.1) is 5.41 Å². The molecule has 1 heterocycles. The monoisotopic (exact) mass is 212 g/mol. The van der Waals surface area contributed by atoms with Crippen LogP contribution in [0.4, 0.5) is 0 Å². The van der Waals surface area contributed by atoms with E-state index in [1.54, 1.807) is 0 Å². The second-order valence-electron chi connectivity index (χ2n) is 4.80. The van der Waals surface area contributed by atoms with Crippen LogP contribution >= 0.6 is 0 Å². The predicted molar refractivity (Wildman–Crippen MR) is 66.7 cm³/mol. The maximum atomic E-state index is 2.56. The molecule has 0 aromatic carbocycles. The van der Waals surface area contributed by atoms with E-state index in [0.29, 0.717) is 5.41 Å². The highest BCUT2D eigenvalue weighted by atomic mass is 15.6. The summed E-state index contributed by atoms with van der Waals surface area (Å²) in [6.07, 6.45) is 5.48. The minimum Gasteiger partial charge on any atom is -0.242 e. The molecule has 0 radical (unpaired) electrons. The van der Waals surface area contributed by atoms with E-state index in [9.17, 15) is 0 Å². The molecular weight excluding hydrogens is 184 g/mol. The lowest BCUT2D eigenvalue weighted by Gasteiger charge is -2.44. The number of hydrazine groups is 1. The molecule has 0 saturated carbocycles. The Morgan fingerprint density at radius 3 is 1.73 bits per heavy atom. The van der Waals surface area contributed by atoms with E-state index in [0.717, 1.165) is 13.1 Å². The Bertz CT molecular complexity index is 161. The molecule has 1 aliphatic rings. The van der Waals surface area contributed by atoms with Gasteiger partial charge in [-0.25, -0.2) is 10.0 Å². The van der Waals surface area contributed by atoms with Gasteiger partial charge in [0.2, 0.25) is 0 Å². The van der Waals surface area contributed by atoms with E-state index >= 15 is 0 Å². The molecule has 0 spiro atoms. The van der Waals surface area contributed by atoms with Crippen molar-refractivity contribution in [2.45, 2.75) is 53.4 Å². The van der Waals surface area contributed by atoms with Crippen molar-refractivity contribution >= 4 is 0 Å². The van der Waals surface area contributed by atoms with E-state index < -0.39 is 0 Å². The molecule has 2 heteroatoms. The third kappa shape index (κ3) is 2.94. The highest BCUT2D eigenvalue weighted by molar-refractivity contribution is 4.83. The van der Waals surface area contributed by atoms with Crippen molar-refractivity contribution in [1.29, 1.82) is 0 Å². The average Bonchev–Trinajstić information content (AvgIpc) is 2.32. The Labute approximate surface area is 95.6 Å². The van der Waals surface area contributed by atoms with Gasteiger partial charge in [-0.1, -0.05) is 40.5 Å². The first-order chi connectivity index (χ1) is 7.21. The van der Waals surface area contributed by atoms with Crippen LogP contribution in [0.5, 0.6) is 0 Å². The molecule has 0 atom stereocenters. The van der Waals surface area contributed by atoms with Crippen LogP contribution in [-0.4, -0.2) is 36.2 Å². The van der Waals surface area contributed by atoms with Gasteiger partial charge < -0.3 is 0 Å². The summed E-state index contributed by atoms with van der Waals surface area (Å²) in [7, 11) is 0. The molecule has 0 unspecified atom stereocenters. The summed E-state index contributed by atoms with van der Waals surface area (Å²) in [4.78, 5) is 0. The molecule has 2 nitrogen and oxygen atoms in total. The van der Waals surface area contributed by atoms with Crippen LogP contribution in [-0.2, 0) is 0 Å². The zero-order valence-electron chi connectivity index (χ0n) is 11.1. The highest BCUT2D eigenvalue weighted by Gasteiger charge is 2.32. The van der Waals surface area contributed by atoms with Gasteiger partial charge in [0.1, 0.15) is 0 Å². The molecule has 0 aromatic heterocycles. The fourth-order valence-corrected chi connectivity index (χ4v) is 2.83. The fraction of sp³-hybridized carbons (Fsp3) is 1.00. The van der Waals surface area contributed by atoms with Gasteiger partial charge in [-0.05, 0) is 18.3 Å². The van der Waals surface area contributed by atoms with Crippen molar-refractivity contribution in [3.63, 3.8) is 0 Å². The molecule has 90 valence electrons. The van der Waals surface area contributed by atoms with Gasteiger partial charge in [-0.15, -0.1) is 0 Å². The molecule has 15 heavy (non-hydrogen) atoms. The molecule has 0 aromatic rings. The first kappa shape index (κ1) is 13.0. The first-order valence-electron chi connectivity index (χ1n) is 6.71. The van der Waals surface area contributed by atoms with E-state index in [-0.39, 0.29) is 0 Å². The number of hydrogen-bond donors (Lipinski definition) is 0. The fourth-order valence-electron chi connectivity index (χ4n) is 2.83. The van der Waals surface area contributed by atoms with E-state index in [2.05, 4.69) is 37.7 Å². The number of hydrogen-bond acceptors (Lipinski definition) is 2. The summed E-state index contributed by atoms with van der Waals surface area (Å²) in [6.45, 7) is 14.1. The Kier molecular flexibility index (Phi) is 5.07. The normalized spacial score (nSPS) is 22.2. The van der Waals surface area contributed by atoms with Crippen molar-refractivity contribution < 1.29 is 0 Å². The zero-order chi connectivity index (χ0) is 11.3. The summed E-state index contributed by atoms with van der Waals surface area (Å²) in [5, 5.41) is 5.04. The molecule has 1 rings (SSSR count). The molecule has 0 aliphatic carbocycles. The van der Waals surface area contributed by atoms with Crippen LogP contribution < -0.4 is 0 Å². The number of rotatable bonds is 5. The van der Waals surface area contributed by atoms with E-state index in [1.807, 2.05) is 0 Å². The smallest absolute Gasteiger partial charge is 0.0138 e. The Morgan fingerprint density at radius 1 is 0.933 bits per heavy atom. The van der Waals surface area contributed by atoms with Gasteiger partial charge in [0.05, 0.1) is 0 Å². The molecule has 1 aliphatic heterocycles. The molecule has 0 amide bonds. The number of piperidine rings is 1. The Balaban J connectivity index is 2.47. The third-order valence-corrected chi connectivity index (χ3v) is 4.43. The van der Waals surface area contributed by atoms with Crippen LogP contribution in [0.2, 0.25) is 0 Å². The molecule has 1 saturated heterocycles. The van der Waals surface area contributed by atoms with Crippen molar-refractivity contribution in [3.8, 4) is 0 Å². The Morgan fingerprint density at radius 2 is 1.40 bits per heavy atom. The van der Waals surface area contributed by atoms with Gasteiger partial charge in [0.25, 0.3) is 0 Å². The summed E-state index contributed by atoms with van der Waals surface area (Å²) in [5.74, 6) is 0. The maximum absolute atomic E-state index is 2.56. The van der Waals surface area contributed by atoms with Crippen molar-refractivity contribution in [2.24, 2.45) is 5.41 Å². The predicted octanol–water partition coefficient (Wildman–Crippen LogP) is 3.15. The SMILES string of the molecule is CCN(CC)N1CCC(CC)(CC)CC1. The molecular formula is C13H28N2. The summed E-state index contributed by atoms with van der Waals surface area (Å²) in [5.41, 5.74) is 0.656. The van der Waals surface area contributed by atoms with Gasteiger partial charge >= 0.3 is 0 Å². The van der Waals surface area contributed by atoms with Crippen LogP contribution in [0.1, 0.15) is 53.4 Å². The zero-order valence-corrected chi connectivity index (χ0v) is 11.1. The largest absolute Gasteiger partial charge is 0.242 e. The first-order valence-corrected chi connectivity index (χ1v) is 6.71. The molecule has 1 fully saturated rings. The van der Waals surface area contributed by atoms with Gasteiger partial charge in [-0.2, -0.15) is 0 Å². The summed E-state index contributed by atoms with van der Waals surface area (Å²) >= 11 is 0. The highest BCUT2D eigenvalue weighted by Crippen LogP contribution is 2.38. The van der Waals surface area contributed by atoms with Crippen molar-refractivity contribution in [3.05, 3.63) is 0 Å². The number of nitrogens with zero attached hydrogens (tertiary/aromatic N) is 2. The third-order valence-electron chi connectivity index (χ3n) is 4.43. The standard InChI is InChI=1S/C13H28N2/c1-5-13(6-2)9-11-15(12-10-13)14(7-3)8-4/h5-12H2,1-4H3. The topological polar surface area (TPSA) is 6.48 Å². The lowest BCUT2D eigenvalue weighted by Crippen LogP contribution is -2.49. The minimum absolute atomic E-state index is 0.656. The van der Waals surface area contributed by atoms with Crippen molar-refractivity contribution in [1.82, 2.24) is 10.0 Å². The second kappa shape index (κ2) is 5.86. The quantitative estimate of drug-likeness (QED) is 0.691. The van der Waals surface area contributed by atoms with E-state index in [1.165, 1.54) is 38.8 Å². The summed E-state index contributed by atoms with van der Waals surface area (Å²) < 4.78 is 0. The molecule has 0 N–H and O–H groups in total. The van der Waals surface area contributed by atoms with Crippen molar-refractivity contribution in [2.75, 3.05) is 26.2 Å². The minimum atomic E-state index is 0.656. The summed E-state index contributed by atoms with van der Waals surface area (Å²) in [6, 6.07) is 0. The second-order valence-corrected chi connectivity index (χ2v) is 4.80. The van der Waals surface area contributed by atoms with Crippen LogP contribution in [0.15, 0.2) is 0 Å². The van der Waals surface area contributed by atoms with Gasteiger partial charge in [0, 0.05) is 26.2 Å². The van der Waals surface area contributed by atoms with E-state index in [4.69, 9.17) is 0 Å². The van der Waals surface area contributed by atoms with Crippen LogP contribution in [0.3, 0.4) is 0 Å². The Hall–Kier alpha value is -0.0800. The maximum Gasteiger partial charge on any atom is 0.0138 e. The van der Waals surface area contributed by atoms with Gasteiger partial charge in [0.15, 0.2) is 0 Å². The lowest BCUT2D eigenvalue weighted by molar-refractivity contribution is -0.0629. The van der Waals surface area contributed by atoms with Gasteiger partial charge in [-0.3, -0.25) is 0 Å².